The Kier molecular flexibility index (Phi) is 3.74. The van der Waals surface area contributed by atoms with E-state index >= 15 is 0 Å². The smallest absolute Gasteiger partial charge is 0.336 e. The van der Waals surface area contributed by atoms with Crippen molar-refractivity contribution in [3.05, 3.63) is 37.9 Å². The molecular weight excluding hydrogens is 250 g/mol. The van der Waals surface area contributed by atoms with Gasteiger partial charge in [-0.3, -0.25) is 25.1 Å². The second kappa shape index (κ2) is 5.05. The number of carboxylic acid groups (broad SMARTS) is 1. The van der Waals surface area contributed by atoms with Crippen molar-refractivity contribution in [3.63, 3.8) is 0 Å². The van der Waals surface area contributed by atoms with E-state index in [1.807, 2.05) is 0 Å². The predicted molar refractivity (Wildman–Crippen MR) is 55.5 cm³/mol. The number of hydrogen-bond acceptors (Lipinski definition) is 6. The number of aromatic carboxylic acids is 1. The summed E-state index contributed by atoms with van der Waals surface area (Å²) in [5.41, 5.74) is 0.319. The van der Waals surface area contributed by atoms with Crippen molar-refractivity contribution < 1.29 is 24.6 Å². The van der Waals surface area contributed by atoms with E-state index < -0.39 is 38.4 Å². The molecule has 0 heterocycles. The molecule has 0 saturated heterocycles. The molecule has 0 amide bonds. The summed E-state index contributed by atoms with van der Waals surface area (Å²) in [6.07, 6.45) is 0. The summed E-state index contributed by atoms with van der Waals surface area (Å²) < 4.78 is 0. The van der Waals surface area contributed by atoms with E-state index in [0.29, 0.717) is 12.1 Å². The number of carboxylic acids is 1. The Labute approximate surface area is 99.0 Å². The highest BCUT2D eigenvalue weighted by Crippen LogP contribution is 2.35. The van der Waals surface area contributed by atoms with Gasteiger partial charge in [0.15, 0.2) is 0 Å². The molecule has 0 aromatic heterocycles. The molecule has 10 heteroatoms. The van der Waals surface area contributed by atoms with Gasteiger partial charge in [0.1, 0.15) is 0 Å². The van der Waals surface area contributed by atoms with Gasteiger partial charge < -0.3 is 5.11 Å². The molecule has 18 heavy (non-hydrogen) atoms. The number of nitro benzene ring substituents is 2. The highest BCUT2D eigenvalue weighted by molar-refractivity contribution is 5.91. The maximum absolute atomic E-state index is 10.7. The van der Waals surface area contributed by atoms with E-state index in [1.165, 1.54) is 0 Å². The molecule has 0 aliphatic rings. The maximum Gasteiger partial charge on any atom is 0.336 e. The van der Waals surface area contributed by atoms with Crippen molar-refractivity contribution >= 4 is 23.0 Å². The van der Waals surface area contributed by atoms with Crippen LogP contribution in [0.15, 0.2) is 12.1 Å². The molecule has 0 bridgehead atoms. The number of hydrogen-bond donors (Lipinski definition) is 1. The third kappa shape index (κ3) is 2.49. The van der Waals surface area contributed by atoms with Crippen molar-refractivity contribution in [2.45, 2.75) is 0 Å². The van der Waals surface area contributed by atoms with Crippen LogP contribution in [-0.2, 0) is 4.84 Å². The summed E-state index contributed by atoms with van der Waals surface area (Å²) >= 11 is 0. The molecule has 1 radical (unpaired) electrons. The lowest BCUT2D eigenvalue weighted by Gasteiger charge is -2.03. The minimum Gasteiger partial charge on any atom is -0.478 e. The van der Waals surface area contributed by atoms with Gasteiger partial charge in [0.25, 0.3) is 0 Å². The Bertz CT molecular complexity index is 492. The van der Waals surface area contributed by atoms with Crippen molar-refractivity contribution in [1.29, 1.82) is 0 Å². The van der Waals surface area contributed by atoms with Gasteiger partial charge in [-0.15, -0.1) is 5.48 Å². The Hall–Kier alpha value is -2.75. The highest BCUT2D eigenvalue weighted by atomic mass is 16.6. The fourth-order valence-corrected chi connectivity index (χ4v) is 1.19. The summed E-state index contributed by atoms with van der Waals surface area (Å²) in [7, 11) is 1.05. The van der Waals surface area contributed by atoms with Crippen LogP contribution < -0.4 is 5.48 Å². The summed E-state index contributed by atoms with van der Waals surface area (Å²) in [6, 6.07) is 1.35. The van der Waals surface area contributed by atoms with Gasteiger partial charge in [0, 0.05) is 12.1 Å². The van der Waals surface area contributed by atoms with Gasteiger partial charge >= 0.3 is 17.3 Å². The average molecular weight is 256 g/mol. The van der Waals surface area contributed by atoms with Crippen molar-refractivity contribution in [2.75, 3.05) is 7.11 Å². The molecule has 1 aromatic rings. The van der Waals surface area contributed by atoms with E-state index in [2.05, 4.69) is 10.3 Å². The quantitative estimate of drug-likeness (QED) is 0.610. The highest BCUT2D eigenvalue weighted by Gasteiger charge is 2.29. The minimum atomic E-state index is -1.52. The van der Waals surface area contributed by atoms with Crippen LogP contribution in [0.4, 0.5) is 17.1 Å². The molecule has 1 aromatic carbocycles. The third-order valence-corrected chi connectivity index (χ3v) is 1.89. The molecule has 0 aliphatic carbocycles. The molecule has 10 nitrogen and oxygen atoms in total. The standard InChI is InChI=1S/C8H6N3O7/c1-18-9-7-5(10(14)15)2-4(8(12)13)3-6(7)11(16)17/h2-3H,1H3,(H,12,13). The van der Waals surface area contributed by atoms with E-state index in [9.17, 15) is 25.0 Å². The van der Waals surface area contributed by atoms with E-state index in [4.69, 9.17) is 5.11 Å². The molecule has 0 saturated carbocycles. The molecule has 0 unspecified atom stereocenters. The third-order valence-electron chi connectivity index (χ3n) is 1.89. The van der Waals surface area contributed by atoms with Crippen molar-refractivity contribution in [1.82, 2.24) is 5.48 Å². The molecule has 0 aliphatic heterocycles. The minimum absolute atomic E-state index is 0.580. The first kappa shape index (κ1) is 13.3. The van der Waals surface area contributed by atoms with Gasteiger partial charge in [-0.25, -0.2) is 4.79 Å². The Morgan fingerprint density at radius 1 is 1.28 bits per heavy atom. The number of benzene rings is 1. The zero-order valence-corrected chi connectivity index (χ0v) is 8.89. The molecule has 0 atom stereocenters. The average Bonchev–Trinajstić information content (AvgIpc) is 2.28. The molecule has 0 fully saturated rings. The van der Waals surface area contributed by atoms with Gasteiger partial charge in [-0.1, -0.05) is 0 Å². The SMILES string of the molecule is CO[N]c1c([N+](=O)[O-])cc(C(=O)O)cc1[N+](=O)[O-]. The second-order valence-corrected chi connectivity index (χ2v) is 2.96. The predicted octanol–water partition coefficient (Wildman–Crippen LogP) is 0.998. The second-order valence-electron chi connectivity index (χ2n) is 2.96. The van der Waals surface area contributed by atoms with Crippen LogP contribution in [0.2, 0.25) is 0 Å². The van der Waals surface area contributed by atoms with Crippen LogP contribution in [0.3, 0.4) is 0 Å². The lowest BCUT2D eigenvalue weighted by Crippen LogP contribution is -2.06. The number of rotatable bonds is 5. The summed E-state index contributed by atoms with van der Waals surface area (Å²) in [5.74, 6) is -1.52. The number of carbonyl (C=O) groups is 1. The first-order valence-corrected chi connectivity index (χ1v) is 4.32. The fourth-order valence-electron chi connectivity index (χ4n) is 1.19. The van der Waals surface area contributed by atoms with Gasteiger partial charge in [-0.05, 0) is 0 Å². The van der Waals surface area contributed by atoms with Crippen LogP contribution in [0.1, 0.15) is 10.4 Å². The maximum atomic E-state index is 10.7. The van der Waals surface area contributed by atoms with Crippen LogP contribution in [-0.4, -0.2) is 28.0 Å². The van der Waals surface area contributed by atoms with Crippen LogP contribution >= 0.6 is 0 Å². The Morgan fingerprint density at radius 2 is 1.72 bits per heavy atom. The number of nitrogens with zero attached hydrogens (tertiary/aromatic N) is 3. The molecule has 0 spiro atoms. The lowest BCUT2D eigenvalue weighted by molar-refractivity contribution is -0.393. The molecular formula is C8H6N3O7. The van der Waals surface area contributed by atoms with E-state index in [1.54, 1.807) is 0 Å². The van der Waals surface area contributed by atoms with Crippen LogP contribution in [0.25, 0.3) is 0 Å². The first-order valence-electron chi connectivity index (χ1n) is 4.32. The Balaban J connectivity index is 3.59. The summed E-state index contributed by atoms with van der Waals surface area (Å²) in [5, 5.41) is 30.2. The fraction of sp³-hybridized carbons (Fsp3) is 0.125. The monoisotopic (exact) mass is 256 g/mol. The van der Waals surface area contributed by atoms with E-state index in [-0.39, 0.29) is 0 Å². The van der Waals surface area contributed by atoms with Crippen molar-refractivity contribution in [3.8, 4) is 0 Å². The number of nitro groups is 2. The van der Waals surface area contributed by atoms with E-state index in [0.717, 1.165) is 7.11 Å². The Morgan fingerprint density at radius 3 is 2.00 bits per heavy atom. The molecule has 1 rings (SSSR count). The topological polar surface area (TPSA) is 147 Å². The van der Waals surface area contributed by atoms with Gasteiger partial charge in [0.05, 0.1) is 22.5 Å². The first-order chi connectivity index (χ1) is 8.38. The lowest BCUT2D eigenvalue weighted by atomic mass is 10.1. The van der Waals surface area contributed by atoms with Gasteiger partial charge in [-0.2, -0.15) is 0 Å². The normalized spacial score (nSPS) is 9.83. The zero-order valence-electron chi connectivity index (χ0n) is 8.89. The molecule has 1 N–H and O–H groups in total. The molecule has 95 valence electrons. The summed E-state index contributed by atoms with van der Waals surface area (Å²) in [4.78, 5) is 34.5. The zero-order chi connectivity index (χ0) is 13.9. The van der Waals surface area contributed by atoms with Crippen LogP contribution in [0.5, 0.6) is 0 Å². The van der Waals surface area contributed by atoms with Crippen molar-refractivity contribution in [2.24, 2.45) is 0 Å². The van der Waals surface area contributed by atoms with Crippen LogP contribution in [0, 0.1) is 20.2 Å². The largest absolute Gasteiger partial charge is 0.478 e. The summed E-state index contributed by atoms with van der Waals surface area (Å²) in [6.45, 7) is 0. The van der Waals surface area contributed by atoms with Gasteiger partial charge in [0.2, 0.25) is 5.69 Å².